The molecule has 0 spiro atoms. The van der Waals surface area contributed by atoms with Gasteiger partial charge in [-0.2, -0.15) is 5.10 Å². The lowest BCUT2D eigenvalue weighted by atomic mass is 10.1. The number of aromatic nitrogens is 2. The van der Waals surface area contributed by atoms with Crippen LogP contribution in [0.4, 0.5) is 11.4 Å². The molecule has 1 aliphatic heterocycles. The lowest BCUT2D eigenvalue weighted by Gasteiger charge is -2.31. The van der Waals surface area contributed by atoms with Crippen molar-refractivity contribution in [3.8, 4) is 0 Å². The fourth-order valence-electron chi connectivity index (χ4n) is 4.61. The maximum Gasteiger partial charge on any atom is 0.257 e. The van der Waals surface area contributed by atoms with Crippen molar-refractivity contribution in [3.05, 3.63) is 76.1 Å². The minimum Gasteiger partial charge on any atom is -0.332 e. The summed E-state index contributed by atoms with van der Waals surface area (Å²) >= 11 is 5.86. The normalized spacial score (nSPS) is 15.6. The Bertz CT molecular complexity index is 1330. The summed E-state index contributed by atoms with van der Waals surface area (Å²) < 4.78 is 1.82. The second-order valence-corrected chi connectivity index (χ2v) is 9.61. The van der Waals surface area contributed by atoms with Crippen molar-refractivity contribution in [2.24, 2.45) is 7.05 Å². The minimum atomic E-state index is -0.716. The Morgan fingerprint density at radius 2 is 1.80 bits per heavy atom. The molecule has 3 aromatic rings. The third kappa shape index (κ3) is 4.71. The lowest BCUT2D eigenvalue weighted by Crippen LogP contribution is -2.47. The molecule has 1 unspecified atom stereocenters. The zero-order valence-electron chi connectivity index (χ0n) is 21.0. The average Bonchev–Trinajstić information content (AvgIpc) is 3.22. The van der Waals surface area contributed by atoms with Crippen molar-refractivity contribution in [1.29, 1.82) is 0 Å². The zero-order valence-corrected chi connectivity index (χ0v) is 21.9. The number of hydrogen-bond donors (Lipinski definition) is 1. The molecule has 35 heavy (non-hydrogen) atoms. The maximum atomic E-state index is 13.7. The van der Waals surface area contributed by atoms with E-state index in [2.05, 4.69) is 16.5 Å². The molecule has 2 heterocycles. The van der Waals surface area contributed by atoms with Crippen LogP contribution in [0, 0.1) is 34.6 Å². The molecule has 2 aromatic carbocycles. The molecule has 1 aliphatic rings. The van der Waals surface area contributed by atoms with Gasteiger partial charge in [-0.25, -0.2) is 4.90 Å². The Labute approximate surface area is 211 Å². The summed E-state index contributed by atoms with van der Waals surface area (Å²) in [4.78, 5) is 30.0. The standard InChI is InChI=1S/C27H31N5O2S/c1-16-11-12-22(18(3)13-16)28-27(35)31(15-21-19(4)29-30(6)20(21)5)24-14-25(33)32(26(24)34)23-10-8-7-9-17(23)2/h7-13,24H,14-15H2,1-6H3,(H,28,35). The van der Waals surface area contributed by atoms with Crippen LogP contribution in [0.5, 0.6) is 0 Å². The van der Waals surface area contributed by atoms with E-state index in [-0.39, 0.29) is 18.2 Å². The third-order valence-corrected chi connectivity index (χ3v) is 7.06. The molecule has 2 amide bonds. The van der Waals surface area contributed by atoms with Gasteiger partial charge in [-0.15, -0.1) is 0 Å². The topological polar surface area (TPSA) is 70.5 Å². The van der Waals surface area contributed by atoms with E-state index in [0.29, 0.717) is 17.3 Å². The number of hydrogen-bond acceptors (Lipinski definition) is 4. The quantitative estimate of drug-likeness (QED) is 0.421. The second kappa shape index (κ2) is 9.62. The molecule has 7 nitrogen and oxygen atoms in total. The number of imide groups is 1. The van der Waals surface area contributed by atoms with E-state index in [9.17, 15) is 9.59 Å². The van der Waals surface area contributed by atoms with Gasteiger partial charge in [0.1, 0.15) is 6.04 Å². The summed E-state index contributed by atoms with van der Waals surface area (Å²) in [5.41, 5.74) is 7.43. The van der Waals surface area contributed by atoms with Crippen LogP contribution in [0.1, 0.15) is 40.1 Å². The first-order valence-electron chi connectivity index (χ1n) is 11.6. The minimum absolute atomic E-state index is 0.0558. The fourth-order valence-corrected chi connectivity index (χ4v) is 4.91. The van der Waals surface area contributed by atoms with E-state index >= 15 is 0 Å². The molecule has 1 N–H and O–H groups in total. The number of aryl methyl sites for hydroxylation is 5. The number of carbonyl (C=O) groups is 2. The number of para-hydroxylation sites is 1. The Morgan fingerprint density at radius 1 is 1.09 bits per heavy atom. The predicted molar refractivity (Wildman–Crippen MR) is 142 cm³/mol. The number of nitrogens with one attached hydrogen (secondary N) is 1. The number of nitrogens with zero attached hydrogens (tertiary/aromatic N) is 4. The molecule has 182 valence electrons. The van der Waals surface area contributed by atoms with E-state index in [0.717, 1.165) is 39.3 Å². The first-order valence-corrected chi connectivity index (χ1v) is 12.1. The summed E-state index contributed by atoms with van der Waals surface area (Å²) in [5, 5.41) is 8.26. The zero-order chi connectivity index (χ0) is 25.4. The highest BCUT2D eigenvalue weighted by molar-refractivity contribution is 7.80. The monoisotopic (exact) mass is 489 g/mol. The van der Waals surface area contributed by atoms with Gasteiger partial charge in [-0.05, 0) is 70.1 Å². The van der Waals surface area contributed by atoms with E-state index in [1.165, 1.54) is 4.90 Å². The van der Waals surface area contributed by atoms with Crippen molar-refractivity contribution >= 4 is 40.5 Å². The summed E-state index contributed by atoms with van der Waals surface area (Å²) in [6.07, 6.45) is 0.0558. The van der Waals surface area contributed by atoms with Crippen molar-refractivity contribution in [1.82, 2.24) is 14.7 Å². The molecule has 4 rings (SSSR count). The second-order valence-electron chi connectivity index (χ2n) is 9.22. The van der Waals surface area contributed by atoms with Crippen LogP contribution in [0.25, 0.3) is 0 Å². The van der Waals surface area contributed by atoms with Crippen LogP contribution in [-0.2, 0) is 23.2 Å². The van der Waals surface area contributed by atoms with Gasteiger partial charge in [-0.3, -0.25) is 14.3 Å². The molecule has 8 heteroatoms. The highest BCUT2D eigenvalue weighted by Crippen LogP contribution is 2.30. The van der Waals surface area contributed by atoms with Gasteiger partial charge in [0.2, 0.25) is 5.91 Å². The Kier molecular flexibility index (Phi) is 6.76. The number of carbonyl (C=O) groups excluding carboxylic acids is 2. The first-order chi connectivity index (χ1) is 16.6. The van der Waals surface area contributed by atoms with Crippen molar-refractivity contribution in [3.63, 3.8) is 0 Å². The summed E-state index contributed by atoms with van der Waals surface area (Å²) in [7, 11) is 1.90. The number of benzene rings is 2. The van der Waals surface area contributed by atoms with Gasteiger partial charge in [-0.1, -0.05) is 35.9 Å². The van der Waals surface area contributed by atoms with E-state index in [1.807, 2.05) is 81.6 Å². The molecule has 1 saturated heterocycles. The Morgan fingerprint density at radius 3 is 2.43 bits per heavy atom. The van der Waals surface area contributed by atoms with Crippen LogP contribution < -0.4 is 10.2 Å². The first kappa shape index (κ1) is 24.6. The highest BCUT2D eigenvalue weighted by atomic mass is 32.1. The Balaban J connectivity index is 1.71. The van der Waals surface area contributed by atoms with E-state index < -0.39 is 6.04 Å². The maximum absolute atomic E-state index is 13.7. The number of rotatable bonds is 5. The van der Waals surface area contributed by atoms with Gasteiger partial charge >= 0.3 is 0 Å². The number of amides is 2. The van der Waals surface area contributed by atoms with Crippen molar-refractivity contribution in [2.45, 2.75) is 53.6 Å². The van der Waals surface area contributed by atoms with Gasteiger partial charge in [0.05, 0.1) is 17.8 Å². The highest BCUT2D eigenvalue weighted by Gasteiger charge is 2.44. The molecule has 1 fully saturated rings. The van der Waals surface area contributed by atoms with Gasteiger partial charge in [0, 0.05) is 30.5 Å². The molecule has 0 bridgehead atoms. The fraction of sp³-hybridized carbons (Fsp3) is 0.333. The molecule has 0 radical (unpaired) electrons. The third-order valence-electron chi connectivity index (χ3n) is 6.73. The molecule has 0 saturated carbocycles. The smallest absolute Gasteiger partial charge is 0.257 e. The van der Waals surface area contributed by atoms with Gasteiger partial charge in [0.15, 0.2) is 5.11 Å². The molecule has 1 atom stereocenters. The van der Waals surface area contributed by atoms with Crippen LogP contribution in [0.3, 0.4) is 0 Å². The van der Waals surface area contributed by atoms with Crippen molar-refractivity contribution < 1.29 is 9.59 Å². The van der Waals surface area contributed by atoms with Gasteiger partial charge < -0.3 is 10.2 Å². The molecule has 1 aromatic heterocycles. The van der Waals surface area contributed by atoms with Crippen LogP contribution in [-0.4, -0.2) is 37.6 Å². The predicted octanol–water partition coefficient (Wildman–Crippen LogP) is 4.49. The molecular formula is C27H31N5O2S. The van der Waals surface area contributed by atoms with Gasteiger partial charge in [0.25, 0.3) is 5.91 Å². The average molecular weight is 490 g/mol. The van der Waals surface area contributed by atoms with Crippen LogP contribution in [0.15, 0.2) is 42.5 Å². The summed E-state index contributed by atoms with van der Waals surface area (Å²) in [6, 6.07) is 12.8. The van der Waals surface area contributed by atoms with E-state index in [1.54, 1.807) is 6.07 Å². The summed E-state index contributed by atoms with van der Waals surface area (Å²) in [6.45, 7) is 10.3. The molecule has 0 aliphatic carbocycles. The number of thiocarbonyl (C=S) groups is 1. The van der Waals surface area contributed by atoms with E-state index in [4.69, 9.17) is 12.2 Å². The SMILES string of the molecule is Cc1ccc(NC(=S)N(Cc2c(C)nn(C)c2C)C2CC(=O)N(c3ccccc3C)C2=O)c(C)c1. The lowest BCUT2D eigenvalue weighted by molar-refractivity contribution is -0.122. The van der Waals surface area contributed by atoms with Crippen LogP contribution >= 0.6 is 12.2 Å². The summed E-state index contributed by atoms with van der Waals surface area (Å²) in [5.74, 6) is -0.499. The van der Waals surface area contributed by atoms with Crippen LogP contribution in [0.2, 0.25) is 0 Å². The molecular weight excluding hydrogens is 458 g/mol. The number of anilines is 2. The Hall–Kier alpha value is -3.52. The largest absolute Gasteiger partial charge is 0.332 e. The van der Waals surface area contributed by atoms with Crippen molar-refractivity contribution in [2.75, 3.05) is 10.2 Å².